The van der Waals surface area contributed by atoms with Gasteiger partial charge in [0, 0.05) is 12.5 Å². The summed E-state index contributed by atoms with van der Waals surface area (Å²) in [7, 11) is 0. The number of halogens is 2. The number of hydrogen-bond acceptors (Lipinski definition) is 2. The third-order valence-electron chi connectivity index (χ3n) is 1.38. The van der Waals surface area contributed by atoms with Crippen molar-refractivity contribution in [1.29, 1.82) is 0 Å². The Balaban J connectivity index is 3.68. The Hall–Kier alpha value is -1.20. The molecule has 4 nitrogen and oxygen atoms in total. The number of nitrogens with one attached hydrogen (secondary N) is 1. The van der Waals surface area contributed by atoms with E-state index in [9.17, 15) is 18.4 Å². The maximum atomic E-state index is 11.7. The highest BCUT2D eigenvalue weighted by Gasteiger charge is 2.17. The van der Waals surface area contributed by atoms with Crippen LogP contribution in [0.5, 0.6) is 0 Å². The smallest absolute Gasteiger partial charge is 0.315 e. The maximum absolute atomic E-state index is 11.7. The molecule has 1 amide bonds. The predicted octanol–water partition coefficient (Wildman–Crippen LogP) is 0.621. The van der Waals surface area contributed by atoms with Crippen molar-refractivity contribution in [2.24, 2.45) is 0 Å². The molecule has 0 rings (SSSR count). The van der Waals surface area contributed by atoms with E-state index < -0.39 is 24.3 Å². The van der Waals surface area contributed by atoms with Crippen LogP contribution >= 0.6 is 0 Å². The van der Waals surface area contributed by atoms with Crippen LogP contribution in [0.4, 0.5) is 8.78 Å². The molecule has 1 atom stereocenters. The van der Waals surface area contributed by atoms with Gasteiger partial charge in [-0.1, -0.05) is 0 Å². The van der Waals surface area contributed by atoms with Crippen molar-refractivity contribution in [3.63, 3.8) is 0 Å². The van der Waals surface area contributed by atoms with Gasteiger partial charge in [-0.05, 0) is 13.3 Å². The van der Waals surface area contributed by atoms with E-state index in [2.05, 4.69) is 0 Å². The lowest BCUT2D eigenvalue weighted by Gasteiger charge is -2.11. The fourth-order valence-corrected chi connectivity index (χ4v) is 0.718. The second-order valence-corrected chi connectivity index (χ2v) is 2.64. The van der Waals surface area contributed by atoms with Crippen molar-refractivity contribution < 1.29 is 23.5 Å². The summed E-state index contributed by atoms with van der Waals surface area (Å²) in [6.45, 7) is 1.48. The third kappa shape index (κ3) is 6.01. The minimum Gasteiger partial charge on any atom is -0.481 e. The Morgan fingerprint density at radius 1 is 1.46 bits per heavy atom. The number of alkyl halides is 2. The van der Waals surface area contributed by atoms with Crippen molar-refractivity contribution in [3.8, 4) is 0 Å². The SMILES string of the molecule is CC(CCC(=O)O)NC(=O)C(F)F. The number of carbonyl (C=O) groups is 2. The Morgan fingerprint density at radius 2 is 2.00 bits per heavy atom. The van der Waals surface area contributed by atoms with Crippen molar-refractivity contribution in [2.45, 2.75) is 32.2 Å². The molecule has 0 spiro atoms. The van der Waals surface area contributed by atoms with Gasteiger partial charge in [0.25, 0.3) is 5.91 Å². The van der Waals surface area contributed by atoms with E-state index >= 15 is 0 Å². The van der Waals surface area contributed by atoms with Crippen molar-refractivity contribution in [3.05, 3.63) is 0 Å². The van der Waals surface area contributed by atoms with E-state index in [-0.39, 0.29) is 12.8 Å². The van der Waals surface area contributed by atoms with Gasteiger partial charge < -0.3 is 10.4 Å². The first-order valence-corrected chi connectivity index (χ1v) is 3.73. The average molecular weight is 195 g/mol. The van der Waals surface area contributed by atoms with Crippen molar-refractivity contribution in [2.75, 3.05) is 0 Å². The number of carbonyl (C=O) groups excluding carboxylic acids is 1. The fourth-order valence-electron chi connectivity index (χ4n) is 0.718. The molecule has 0 aromatic carbocycles. The largest absolute Gasteiger partial charge is 0.481 e. The molecule has 0 fully saturated rings. The molecule has 0 aliphatic heterocycles. The van der Waals surface area contributed by atoms with Gasteiger partial charge in [-0.25, -0.2) is 0 Å². The van der Waals surface area contributed by atoms with Crippen LogP contribution in [0.1, 0.15) is 19.8 Å². The van der Waals surface area contributed by atoms with Crippen LogP contribution in [-0.2, 0) is 9.59 Å². The molecule has 6 heteroatoms. The molecule has 1 unspecified atom stereocenters. The van der Waals surface area contributed by atoms with Crippen LogP contribution in [0.15, 0.2) is 0 Å². The van der Waals surface area contributed by atoms with Gasteiger partial charge in [-0.2, -0.15) is 8.78 Å². The molecular weight excluding hydrogens is 184 g/mol. The van der Waals surface area contributed by atoms with E-state index in [4.69, 9.17) is 5.11 Å². The van der Waals surface area contributed by atoms with Gasteiger partial charge in [-0.15, -0.1) is 0 Å². The molecule has 0 aliphatic rings. The zero-order valence-corrected chi connectivity index (χ0v) is 7.09. The summed E-state index contributed by atoms with van der Waals surface area (Å²) < 4.78 is 23.3. The molecule has 76 valence electrons. The zero-order valence-electron chi connectivity index (χ0n) is 7.09. The zero-order chi connectivity index (χ0) is 10.4. The van der Waals surface area contributed by atoms with E-state index in [1.807, 2.05) is 5.32 Å². The lowest BCUT2D eigenvalue weighted by molar-refractivity contribution is -0.138. The number of hydrogen-bond donors (Lipinski definition) is 2. The Morgan fingerprint density at radius 3 is 2.38 bits per heavy atom. The van der Waals surface area contributed by atoms with Crippen LogP contribution < -0.4 is 5.32 Å². The topological polar surface area (TPSA) is 66.4 Å². The monoisotopic (exact) mass is 195 g/mol. The van der Waals surface area contributed by atoms with Crippen LogP contribution in [0, 0.1) is 0 Å². The standard InChI is InChI=1S/C7H11F2NO3/c1-4(2-3-5(11)12)10-7(13)6(8)9/h4,6H,2-3H2,1H3,(H,10,13)(H,11,12). The second-order valence-electron chi connectivity index (χ2n) is 2.64. The van der Waals surface area contributed by atoms with Gasteiger partial charge in [0.05, 0.1) is 0 Å². The van der Waals surface area contributed by atoms with Gasteiger partial charge in [0.1, 0.15) is 0 Å². The molecule has 0 saturated carbocycles. The van der Waals surface area contributed by atoms with E-state index in [0.717, 1.165) is 0 Å². The van der Waals surface area contributed by atoms with E-state index in [1.54, 1.807) is 0 Å². The first-order chi connectivity index (χ1) is 5.93. The molecule has 0 radical (unpaired) electrons. The van der Waals surface area contributed by atoms with E-state index in [0.29, 0.717) is 0 Å². The Kier molecular flexibility index (Phi) is 4.94. The summed E-state index contributed by atoms with van der Waals surface area (Å²) in [5, 5.41) is 10.2. The maximum Gasteiger partial charge on any atom is 0.315 e. The summed E-state index contributed by atoms with van der Waals surface area (Å²) in [4.78, 5) is 20.5. The normalized spacial score (nSPS) is 12.6. The summed E-state index contributed by atoms with van der Waals surface area (Å²) in [5.74, 6) is -2.38. The quantitative estimate of drug-likeness (QED) is 0.675. The van der Waals surface area contributed by atoms with Crippen molar-refractivity contribution >= 4 is 11.9 Å². The molecular formula is C7H11F2NO3. The predicted molar refractivity (Wildman–Crippen MR) is 40.5 cm³/mol. The number of amides is 1. The highest BCUT2D eigenvalue weighted by Crippen LogP contribution is 1.98. The van der Waals surface area contributed by atoms with Gasteiger partial charge in [0.15, 0.2) is 0 Å². The minimum absolute atomic E-state index is 0.147. The van der Waals surface area contributed by atoms with Crippen LogP contribution in [0.3, 0.4) is 0 Å². The molecule has 13 heavy (non-hydrogen) atoms. The summed E-state index contributed by atoms with van der Waals surface area (Å²) in [5.41, 5.74) is 0. The molecule has 0 aromatic rings. The lowest BCUT2D eigenvalue weighted by Crippen LogP contribution is -2.36. The second kappa shape index (κ2) is 5.45. The fraction of sp³-hybridized carbons (Fsp3) is 0.714. The third-order valence-corrected chi connectivity index (χ3v) is 1.38. The van der Waals surface area contributed by atoms with Crippen LogP contribution in [0.2, 0.25) is 0 Å². The molecule has 0 heterocycles. The molecule has 0 bridgehead atoms. The lowest BCUT2D eigenvalue weighted by atomic mass is 10.2. The molecule has 0 aromatic heterocycles. The molecule has 2 N–H and O–H groups in total. The number of rotatable bonds is 5. The Labute approximate surface area is 73.9 Å². The van der Waals surface area contributed by atoms with Crippen LogP contribution in [0.25, 0.3) is 0 Å². The van der Waals surface area contributed by atoms with Gasteiger partial charge >= 0.3 is 12.4 Å². The number of carboxylic acids is 1. The summed E-state index contributed by atoms with van der Waals surface area (Å²) in [6, 6.07) is -0.544. The Bertz CT molecular complexity index is 196. The average Bonchev–Trinajstić information content (AvgIpc) is 2.00. The number of aliphatic carboxylic acids is 1. The van der Waals surface area contributed by atoms with Gasteiger partial charge in [0.2, 0.25) is 0 Å². The first-order valence-electron chi connectivity index (χ1n) is 3.73. The molecule has 0 aliphatic carbocycles. The highest BCUT2D eigenvalue weighted by molar-refractivity contribution is 5.79. The highest BCUT2D eigenvalue weighted by atomic mass is 19.3. The van der Waals surface area contributed by atoms with E-state index in [1.165, 1.54) is 6.92 Å². The van der Waals surface area contributed by atoms with Gasteiger partial charge in [-0.3, -0.25) is 9.59 Å². The summed E-state index contributed by atoms with van der Waals surface area (Å²) >= 11 is 0. The van der Waals surface area contributed by atoms with Crippen LogP contribution in [-0.4, -0.2) is 29.5 Å². The number of carboxylic acid groups (broad SMARTS) is 1. The molecule has 0 saturated heterocycles. The first kappa shape index (κ1) is 11.8. The minimum atomic E-state index is -3.05. The summed E-state index contributed by atoms with van der Waals surface area (Å²) in [6.07, 6.45) is -3.05. The van der Waals surface area contributed by atoms with Crippen molar-refractivity contribution in [1.82, 2.24) is 5.32 Å².